The van der Waals surface area contributed by atoms with Gasteiger partial charge in [-0.15, -0.1) is 0 Å². The summed E-state index contributed by atoms with van der Waals surface area (Å²) in [4.78, 5) is 17.3. The third-order valence-corrected chi connectivity index (χ3v) is 11.3. The van der Waals surface area contributed by atoms with Crippen molar-refractivity contribution in [2.75, 3.05) is 26.2 Å². The molecule has 226 valence electrons. The second kappa shape index (κ2) is 11.3. The van der Waals surface area contributed by atoms with Crippen molar-refractivity contribution in [3.8, 4) is 11.5 Å². The Labute approximate surface area is 251 Å². The lowest BCUT2D eigenvalue weighted by atomic mass is 9.48. The summed E-state index contributed by atoms with van der Waals surface area (Å²) in [7, 11) is 0. The predicted molar refractivity (Wildman–Crippen MR) is 164 cm³/mol. The van der Waals surface area contributed by atoms with Crippen molar-refractivity contribution in [2.45, 2.75) is 114 Å². The minimum atomic E-state index is -0.828. The molecule has 1 N–H and O–H groups in total. The van der Waals surface area contributed by atoms with Crippen molar-refractivity contribution in [3.63, 3.8) is 0 Å². The molecule has 0 unspecified atom stereocenters. The number of carbonyl (C=O) groups excluding carboxylic acids is 1. The van der Waals surface area contributed by atoms with Gasteiger partial charge in [-0.05, 0) is 101 Å². The molecule has 2 aromatic rings. The molecule has 7 rings (SSSR count). The Morgan fingerprint density at radius 2 is 1.88 bits per heavy atom. The number of likely N-dealkylation sites (tertiary alicyclic amines) is 1. The summed E-state index contributed by atoms with van der Waals surface area (Å²) in [5, 5.41) is 12.9. The molecular weight excluding hydrogens is 524 g/mol. The highest BCUT2D eigenvalue weighted by molar-refractivity contribution is 5.72. The van der Waals surface area contributed by atoms with E-state index in [4.69, 9.17) is 9.47 Å². The molecule has 6 heteroatoms. The Kier molecular flexibility index (Phi) is 7.60. The van der Waals surface area contributed by atoms with Gasteiger partial charge in [-0.1, -0.05) is 56.2 Å². The third-order valence-electron chi connectivity index (χ3n) is 11.3. The van der Waals surface area contributed by atoms with Crippen LogP contribution in [0.2, 0.25) is 0 Å². The predicted octanol–water partition coefficient (Wildman–Crippen LogP) is 5.67. The van der Waals surface area contributed by atoms with Gasteiger partial charge in [0.2, 0.25) is 0 Å². The molecule has 0 amide bonds. The maximum Gasteiger partial charge on any atom is 0.308 e. The fourth-order valence-corrected chi connectivity index (χ4v) is 9.25. The van der Waals surface area contributed by atoms with Crippen LogP contribution in [0.3, 0.4) is 0 Å². The van der Waals surface area contributed by atoms with Crippen molar-refractivity contribution in [2.24, 2.45) is 5.92 Å². The molecule has 2 heterocycles. The van der Waals surface area contributed by atoms with Crippen molar-refractivity contribution >= 4 is 5.97 Å². The van der Waals surface area contributed by atoms with Gasteiger partial charge in [0, 0.05) is 31.1 Å². The van der Waals surface area contributed by atoms with E-state index in [0.29, 0.717) is 5.75 Å². The van der Waals surface area contributed by atoms with E-state index in [9.17, 15) is 9.90 Å². The molecule has 2 aliphatic heterocycles. The molecule has 3 aliphatic carbocycles. The van der Waals surface area contributed by atoms with Crippen molar-refractivity contribution in [1.82, 2.24) is 9.80 Å². The number of hydrogen-bond donors (Lipinski definition) is 1. The highest BCUT2D eigenvalue weighted by Crippen LogP contribution is 2.66. The third kappa shape index (κ3) is 4.69. The number of hydrogen-bond acceptors (Lipinski definition) is 6. The number of unbranched alkanes of at least 4 members (excludes halogenated alkanes) is 3. The monoisotopic (exact) mass is 572 g/mol. The molecule has 1 saturated heterocycles. The van der Waals surface area contributed by atoms with Gasteiger partial charge in [0.1, 0.15) is 6.10 Å². The maximum atomic E-state index is 12.9. The molecule has 5 atom stereocenters. The first-order chi connectivity index (χ1) is 20.4. The van der Waals surface area contributed by atoms with Crippen LogP contribution in [-0.4, -0.2) is 70.8 Å². The molecule has 0 radical (unpaired) electrons. The number of benzene rings is 2. The van der Waals surface area contributed by atoms with Crippen LogP contribution in [-0.2, 0) is 23.1 Å². The number of ether oxygens (including phenoxy) is 2. The van der Waals surface area contributed by atoms with Crippen molar-refractivity contribution in [3.05, 3.63) is 59.2 Å². The molecular formula is C36H48N2O4. The summed E-state index contributed by atoms with van der Waals surface area (Å²) in [6.45, 7) is 7.86. The van der Waals surface area contributed by atoms with Crippen LogP contribution in [0, 0.1) is 5.92 Å². The lowest BCUT2D eigenvalue weighted by Crippen LogP contribution is -2.78. The van der Waals surface area contributed by atoms with Crippen LogP contribution in [0.4, 0.5) is 0 Å². The van der Waals surface area contributed by atoms with Crippen LogP contribution >= 0.6 is 0 Å². The fraction of sp³-hybridized carbons (Fsp3) is 0.639. The van der Waals surface area contributed by atoms with Gasteiger partial charge in [-0.25, -0.2) is 0 Å². The number of likely N-dealkylation sites (N-methyl/N-ethyl adjacent to an activating group) is 1. The molecule has 2 bridgehead atoms. The van der Waals surface area contributed by atoms with Gasteiger partial charge in [0.15, 0.2) is 11.5 Å². The summed E-state index contributed by atoms with van der Waals surface area (Å²) in [5.74, 6) is 1.71. The molecule has 42 heavy (non-hydrogen) atoms. The fourth-order valence-electron chi connectivity index (χ4n) is 9.25. The van der Waals surface area contributed by atoms with E-state index in [1.165, 1.54) is 56.6 Å². The van der Waals surface area contributed by atoms with Gasteiger partial charge in [-0.2, -0.15) is 0 Å². The lowest BCUT2D eigenvalue weighted by Gasteiger charge is -2.65. The van der Waals surface area contributed by atoms with Gasteiger partial charge < -0.3 is 14.6 Å². The number of rotatable bonds is 12. The minimum absolute atomic E-state index is 0.122. The first kappa shape index (κ1) is 28.4. The smallest absolute Gasteiger partial charge is 0.308 e. The van der Waals surface area contributed by atoms with E-state index >= 15 is 0 Å². The Bertz CT molecular complexity index is 1290. The molecule has 0 aromatic heterocycles. The largest absolute Gasteiger partial charge is 0.483 e. The van der Waals surface area contributed by atoms with Gasteiger partial charge in [0.25, 0.3) is 0 Å². The first-order valence-corrected chi connectivity index (χ1v) is 16.7. The normalized spacial score (nSPS) is 31.1. The highest BCUT2D eigenvalue weighted by atomic mass is 16.6. The van der Waals surface area contributed by atoms with Gasteiger partial charge >= 0.3 is 5.97 Å². The Balaban J connectivity index is 1.12. The van der Waals surface area contributed by atoms with Crippen molar-refractivity contribution in [1.29, 1.82) is 0 Å². The average Bonchev–Trinajstić information content (AvgIpc) is 3.73. The van der Waals surface area contributed by atoms with Crippen molar-refractivity contribution < 1.29 is 19.4 Å². The summed E-state index contributed by atoms with van der Waals surface area (Å²) >= 11 is 0. The molecule has 5 aliphatic rings. The zero-order valence-corrected chi connectivity index (χ0v) is 25.5. The number of aryl methyl sites for hydroxylation is 1. The van der Waals surface area contributed by atoms with E-state index in [1.54, 1.807) is 0 Å². The number of esters is 1. The van der Waals surface area contributed by atoms with Gasteiger partial charge in [-0.3, -0.25) is 14.6 Å². The average molecular weight is 573 g/mol. The number of carbonyl (C=O) groups is 1. The summed E-state index contributed by atoms with van der Waals surface area (Å²) in [6, 6.07) is 15.2. The summed E-state index contributed by atoms with van der Waals surface area (Å²) < 4.78 is 12.7. The van der Waals surface area contributed by atoms with Crippen LogP contribution in [0.1, 0.15) is 88.3 Å². The Morgan fingerprint density at radius 1 is 1.07 bits per heavy atom. The second-order valence-electron chi connectivity index (χ2n) is 13.7. The second-order valence-corrected chi connectivity index (χ2v) is 13.7. The van der Waals surface area contributed by atoms with E-state index in [1.807, 2.05) is 6.07 Å². The maximum absolute atomic E-state index is 12.9. The van der Waals surface area contributed by atoms with Crippen LogP contribution in [0.5, 0.6) is 11.5 Å². The van der Waals surface area contributed by atoms with E-state index in [2.05, 4.69) is 53.1 Å². The molecule has 3 fully saturated rings. The molecule has 6 nitrogen and oxygen atoms in total. The Hall–Kier alpha value is -2.41. The van der Waals surface area contributed by atoms with Crippen LogP contribution < -0.4 is 9.47 Å². The van der Waals surface area contributed by atoms with E-state index < -0.39 is 11.0 Å². The summed E-state index contributed by atoms with van der Waals surface area (Å²) in [5.41, 5.74) is 2.58. The summed E-state index contributed by atoms with van der Waals surface area (Å²) in [6.07, 6.45) is 12.0. The zero-order chi connectivity index (χ0) is 28.9. The lowest BCUT2D eigenvalue weighted by molar-refractivity contribution is -0.200. The number of aliphatic hydroxyl groups is 1. The number of nitrogens with zero attached hydrogens (tertiary/aromatic N) is 2. The van der Waals surface area contributed by atoms with Crippen LogP contribution in [0.25, 0.3) is 0 Å². The first-order valence-electron chi connectivity index (χ1n) is 16.7. The number of piperidine rings is 1. The van der Waals surface area contributed by atoms with Crippen LogP contribution in [0.15, 0.2) is 42.5 Å². The van der Waals surface area contributed by atoms with E-state index in [-0.39, 0.29) is 24.2 Å². The zero-order valence-electron chi connectivity index (χ0n) is 25.5. The highest BCUT2D eigenvalue weighted by Gasteiger charge is 2.73. The van der Waals surface area contributed by atoms with E-state index in [0.717, 1.165) is 75.5 Å². The molecule has 2 aromatic carbocycles. The minimum Gasteiger partial charge on any atom is -0.483 e. The molecule has 2 saturated carbocycles. The van der Waals surface area contributed by atoms with Gasteiger partial charge in [0.05, 0.1) is 11.0 Å². The topological polar surface area (TPSA) is 62.2 Å². The Morgan fingerprint density at radius 3 is 2.64 bits per heavy atom. The quantitative estimate of drug-likeness (QED) is 0.201. The molecule has 1 spiro atoms. The standard InChI is InChI=1S/C36H48N2O4/c1-3-37(21-10-5-4-7-11-26-12-8-6-9-13-26)29-18-19-36(40)31-23-28-16-17-30(41-25(2)39)33-32(28)35(36,34(29)42-33)20-22-38(31)24-27-14-15-27/h6,8-9,12-13,16-17,27,29,31,34,40H,3-5,7,10-11,14-15,18-24H2,1-2H3/t29-,31-,34+,35+,36-/m1/s1. The SMILES string of the molecule is CCN(CCCCCCc1ccccc1)[C@@H]1CC[C@@]2(O)[C@H]3Cc4ccc(OC(C)=O)c5c4[C@@]2(CCN3CC2CC2)[C@H]1O5.